The van der Waals surface area contributed by atoms with Gasteiger partial charge in [0.2, 0.25) is 0 Å². The molecule has 1 heterocycles. The fraction of sp³-hybridized carbons (Fsp3) is 0.600. The van der Waals surface area contributed by atoms with Crippen LogP contribution in [0.25, 0.3) is 0 Å². The maximum atomic E-state index is 4.01. The van der Waals surface area contributed by atoms with E-state index in [1.807, 2.05) is 0 Å². The Morgan fingerprint density at radius 1 is 1.64 bits per heavy atom. The topological polar surface area (TPSA) is 3.24 Å². The minimum atomic E-state index is 0.634. The maximum Gasteiger partial charge on any atom is 0.0196 e. The molecule has 0 radical (unpaired) electrons. The van der Waals surface area contributed by atoms with Crippen molar-refractivity contribution in [3.8, 4) is 0 Å². The molecule has 0 aliphatic carbocycles. The Morgan fingerprint density at radius 3 is 2.64 bits per heavy atom. The summed E-state index contributed by atoms with van der Waals surface area (Å²) in [6, 6.07) is 0. The van der Waals surface area contributed by atoms with Crippen LogP contribution < -0.4 is 0 Å². The van der Waals surface area contributed by atoms with Crippen molar-refractivity contribution in [2.45, 2.75) is 27.2 Å². The van der Waals surface area contributed by atoms with Crippen LogP contribution in [0.4, 0.5) is 0 Å². The summed E-state index contributed by atoms with van der Waals surface area (Å²) in [6.07, 6.45) is 3.33. The maximum absolute atomic E-state index is 4.01. The lowest BCUT2D eigenvalue weighted by molar-refractivity contribution is 0.420. The normalized spacial score (nSPS) is 18.0. The van der Waals surface area contributed by atoms with Crippen LogP contribution in [0.5, 0.6) is 0 Å². The minimum Gasteiger partial charge on any atom is -0.349 e. The van der Waals surface area contributed by atoms with Crippen LogP contribution in [0, 0.1) is 5.92 Å². The van der Waals surface area contributed by atoms with Gasteiger partial charge in [-0.2, -0.15) is 0 Å². The average molecular weight is 151 g/mol. The number of allylic oxidation sites excluding steroid dienone is 2. The van der Waals surface area contributed by atoms with Crippen molar-refractivity contribution in [3.63, 3.8) is 0 Å². The third-order valence-electron chi connectivity index (χ3n) is 2.15. The fourth-order valence-corrected chi connectivity index (χ4v) is 1.58. The van der Waals surface area contributed by atoms with Gasteiger partial charge >= 0.3 is 0 Å². The first-order valence-electron chi connectivity index (χ1n) is 4.32. The SMILES string of the molecule is C=C1CC=C(C(C)C)N1CC. The molecule has 0 bridgehead atoms. The highest BCUT2D eigenvalue weighted by Gasteiger charge is 2.18. The molecule has 0 amide bonds. The molecule has 1 aliphatic rings. The van der Waals surface area contributed by atoms with Crippen LogP contribution >= 0.6 is 0 Å². The molecule has 11 heavy (non-hydrogen) atoms. The van der Waals surface area contributed by atoms with Gasteiger partial charge in [-0.1, -0.05) is 26.5 Å². The summed E-state index contributed by atoms with van der Waals surface area (Å²) in [4.78, 5) is 2.31. The van der Waals surface area contributed by atoms with Crippen molar-refractivity contribution in [3.05, 3.63) is 24.0 Å². The van der Waals surface area contributed by atoms with Gasteiger partial charge in [0.1, 0.15) is 0 Å². The zero-order valence-electron chi connectivity index (χ0n) is 7.72. The second-order valence-corrected chi connectivity index (χ2v) is 3.30. The third-order valence-corrected chi connectivity index (χ3v) is 2.15. The Bertz CT molecular complexity index is 189. The Balaban J connectivity index is 2.73. The summed E-state index contributed by atoms with van der Waals surface area (Å²) < 4.78 is 0. The van der Waals surface area contributed by atoms with Crippen LogP contribution in [-0.2, 0) is 0 Å². The van der Waals surface area contributed by atoms with Gasteiger partial charge in [-0.15, -0.1) is 0 Å². The molecule has 0 aromatic rings. The number of nitrogens with zero attached hydrogens (tertiary/aromatic N) is 1. The molecule has 1 heteroatoms. The van der Waals surface area contributed by atoms with Crippen molar-refractivity contribution in [2.75, 3.05) is 6.54 Å². The lowest BCUT2D eigenvalue weighted by Crippen LogP contribution is -2.19. The molecule has 0 fully saturated rings. The average Bonchev–Trinajstić information content (AvgIpc) is 2.30. The molecular formula is C10H17N. The summed E-state index contributed by atoms with van der Waals surface area (Å²) in [5, 5.41) is 0. The molecule has 0 aromatic heterocycles. The largest absolute Gasteiger partial charge is 0.349 e. The van der Waals surface area contributed by atoms with Gasteiger partial charge in [-0.05, 0) is 12.8 Å². The number of rotatable bonds is 2. The van der Waals surface area contributed by atoms with Crippen molar-refractivity contribution in [1.29, 1.82) is 0 Å². The van der Waals surface area contributed by atoms with Crippen molar-refractivity contribution in [2.24, 2.45) is 5.92 Å². The van der Waals surface area contributed by atoms with E-state index in [0.29, 0.717) is 5.92 Å². The van der Waals surface area contributed by atoms with Gasteiger partial charge in [0.15, 0.2) is 0 Å². The first-order chi connectivity index (χ1) is 5.16. The molecule has 0 saturated heterocycles. The minimum absolute atomic E-state index is 0.634. The molecule has 1 rings (SSSR count). The standard InChI is InChI=1S/C10H17N/c1-5-11-9(4)6-7-10(11)8(2)3/h7-8H,4-6H2,1-3H3. The molecule has 0 N–H and O–H groups in total. The van der Waals surface area contributed by atoms with Gasteiger partial charge < -0.3 is 4.90 Å². The summed E-state index contributed by atoms with van der Waals surface area (Å²) >= 11 is 0. The van der Waals surface area contributed by atoms with E-state index in [9.17, 15) is 0 Å². The first-order valence-corrected chi connectivity index (χ1v) is 4.32. The van der Waals surface area contributed by atoms with Gasteiger partial charge in [0.05, 0.1) is 0 Å². The van der Waals surface area contributed by atoms with Gasteiger partial charge in [-0.3, -0.25) is 0 Å². The van der Waals surface area contributed by atoms with E-state index in [4.69, 9.17) is 0 Å². The van der Waals surface area contributed by atoms with E-state index >= 15 is 0 Å². The Kier molecular flexibility index (Phi) is 2.38. The molecule has 0 saturated carbocycles. The lowest BCUT2D eigenvalue weighted by Gasteiger charge is -2.24. The molecule has 1 nitrogen and oxygen atoms in total. The number of hydrogen-bond donors (Lipinski definition) is 0. The molecule has 0 atom stereocenters. The molecule has 0 unspecified atom stereocenters. The predicted octanol–water partition coefficient (Wildman–Crippen LogP) is 2.77. The summed E-state index contributed by atoms with van der Waals surface area (Å²) in [6.45, 7) is 11.7. The summed E-state index contributed by atoms with van der Waals surface area (Å²) in [7, 11) is 0. The van der Waals surface area contributed by atoms with Gasteiger partial charge in [0.25, 0.3) is 0 Å². The van der Waals surface area contributed by atoms with E-state index in [0.717, 1.165) is 13.0 Å². The monoisotopic (exact) mass is 151 g/mol. The van der Waals surface area contributed by atoms with E-state index in [2.05, 4.69) is 38.3 Å². The van der Waals surface area contributed by atoms with Gasteiger partial charge in [0, 0.05) is 24.4 Å². The van der Waals surface area contributed by atoms with E-state index in [-0.39, 0.29) is 0 Å². The van der Waals surface area contributed by atoms with Crippen LogP contribution in [0.15, 0.2) is 24.0 Å². The van der Waals surface area contributed by atoms with Crippen LogP contribution in [0.1, 0.15) is 27.2 Å². The summed E-state index contributed by atoms with van der Waals surface area (Å²) in [5.41, 5.74) is 2.69. The molecule has 62 valence electrons. The smallest absolute Gasteiger partial charge is 0.0196 e. The highest BCUT2D eigenvalue weighted by molar-refractivity contribution is 5.22. The Hall–Kier alpha value is -0.720. The Labute approximate surface area is 69.4 Å². The van der Waals surface area contributed by atoms with E-state index in [1.54, 1.807) is 0 Å². The molecule has 0 spiro atoms. The number of hydrogen-bond acceptors (Lipinski definition) is 1. The fourth-order valence-electron chi connectivity index (χ4n) is 1.58. The quantitative estimate of drug-likeness (QED) is 0.586. The van der Waals surface area contributed by atoms with Crippen molar-refractivity contribution >= 4 is 0 Å². The predicted molar refractivity (Wildman–Crippen MR) is 49.1 cm³/mol. The highest BCUT2D eigenvalue weighted by atomic mass is 15.2. The zero-order valence-corrected chi connectivity index (χ0v) is 7.72. The zero-order chi connectivity index (χ0) is 8.43. The Morgan fingerprint density at radius 2 is 2.27 bits per heavy atom. The van der Waals surface area contributed by atoms with Gasteiger partial charge in [-0.25, -0.2) is 0 Å². The van der Waals surface area contributed by atoms with Crippen LogP contribution in [0.3, 0.4) is 0 Å². The first kappa shape index (κ1) is 8.38. The molecular weight excluding hydrogens is 134 g/mol. The summed E-state index contributed by atoms with van der Waals surface area (Å²) in [5.74, 6) is 0.634. The highest BCUT2D eigenvalue weighted by Crippen LogP contribution is 2.28. The second-order valence-electron chi connectivity index (χ2n) is 3.30. The lowest BCUT2D eigenvalue weighted by atomic mass is 10.1. The van der Waals surface area contributed by atoms with Crippen molar-refractivity contribution < 1.29 is 0 Å². The van der Waals surface area contributed by atoms with E-state index < -0.39 is 0 Å². The third kappa shape index (κ3) is 1.47. The van der Waals surface area contributed by atoms with Crippen molar-refractivity contribution in [1.82, 2.24) is 4.90 Å². The van der Waals surface area contributed by atoms with E-state index in [1.165, 1.54) is 11.4 Å². The second kappa shape index (κ2) is 3.12. The molecule has 0 aromatic carbocycles. The van der Waals surface area contributed by atoms with Crippen LogP contribution in [-0.4, -0.2) is 11.4 Å². The van der Waals surface area contributed by atoms with Crippen LogP contribution in [0.2, 0.25) is 0 Å². The molecule has 1 aliphatic heterocycles.